The smallest absolute Gasteiger partial charge is 0.0837 e. The molecule has 80 valence electrons. The molecule has 2 N–H and O–H groups in total. The van der Waals surface area contributed by atoms with Crippen LogP contribution in [0.15, 0.2) is 18.5 Å². The Morgan fingerprint density at radius 1 is 1.33 bits per heavy atom. The lowest BCUT2D eigenvalue weighted by Crippen LogP contribution is -2.06. The Hall–Kier alpha value is -1.51. The molecule has 2 heterocycles. The third kappa shape index (κ3) is 1.96. The fourth-order valence-electron chi connectivity index (χ4n) is 1.71. The number of aromatic nitrogens is 3. The van der Waals surface area contributed by atoms with Crippen molar-refractivity contribution in [2.24, 2.45) is 0 Å². The summed E-state index contributed by atoms with van der Waals surface area (Å²) in [5.41, 5.74) is 5.01. The minimum Gasteiger partial charge on any atom is -0.303 e. The monoisotopic (exact) mass is 203 g/mol. The van der Waals surface area contributed by atoms with Gasteiger partial charge in [0.15, 0.2) is 0 Å². The van der Waals surface area contributed by atoms with Gasteiger partial charge in [-0.25, -0.2) is 0 Å². The number of hydrogen-bond acceptors (Lipinski definition) is 1. The van der Waals surface area contributed by atoms with E-state index >= 15 is 0 Å². The van der Waals surface area contributed by atoms with Crippen molar-refractivity contribution in [1.82, 2.24) is 15.2 Å². The summed E-state index contributed by atoms with van der Waals surface area (Å²) in [5.74, 6) is 0. The molecular weight excluding hydrogens is 186 g/mol. The molecule has 3 heteroatoms. The van der Waals surface area contributed by atoms with Gasteiger partial charge in [0.05, 0.1) is 11.4 Å². The number of rotatable bonds is 4. The number of nitrogens with one attached hydrogen (secondary N) is 2. The van der Waals surface area contributed by atoms with Crippen molar-refractivity contribution in [3.05, 3.63) is 29.7 Å². The molecule has 0 bridgehead atoms. The largest absolute Gasteiger partial charge is 0.303 e. The molecule has 2 aromatic rings. The van der Waals surface area contributed by atoms with E-state index in [1.54, 1.807) is 0 Å². The van der Waals surface area contributed by atoms with Crippen LogP contribution < -0.4 is 0 Å². The highest BCUT2D eigenvalue weighted by molar-refractivity contribution is 5.64. The van der Waals surface area contributed by atoms with Gasteiger partial charge in [-0.2, -0.15) is 0 Å². The number of hydrogen-bond donors (Lipinski definition) is 2. The lowest BCUT2D eigenvalue weighted by Gasteiger charge is -2.15. The molecule has 0 aliphatic heterocycles. The first-order valence-corrected chi connectivity index (χ1v) is 5.49. The number of aryl methyl sites for hydroxylation is 2. The highest BCUT2D eigenvalue weighted by atomic mass is 15.2. The zero-order valence-electron chi connectivity index (χ0n) is 9.30. The molecule has 0 aliphatic rings. The van der Waals surface area contributed by atoms with Crippen LogP contribution in [0.1, 0.15) is 31.0 Å². The Bertz CT molecular complexity index is 426. The summed E-state index contributed by atoms with van der Waals surface area (Å²) in [6.07, 6.45) is 7.33. The molecule has 0 saturated carbocycles. The van der Waals surface area contributed by atoms with Gasteiger partial charge >= 0.3 is 0 Å². The lowest BCUT2D eigenvalue weighted by atomic mass is 10.0. The van der Waals surface area contributed by atoms with Crippen LogP contribution in [0.5, 0.6) is 0 Å². The van der Waals surface area contributed by atoms with Crippen molar-refractivity contribution in [3.63, 3.8) is 0 Å². The molecule has 0 radical (unpaired) electrons. The molecule has 0 aromatic carbocycles. The molecule has 3 nitrogen and oxygen atoms in total. The van der Waals surface area contributed by atoms with Gasteiger partial charge in [-0.15, -0.1) is 0 Å². The van der Waals surface area contributed by atoms with Gasteiger partial charge in [0.25, 0.3) is 0 Å². The van der Waals surface area contributed by atoms with E-state index in [9.17, 15) is 0 Å². The van der Waals surface area contributed by atoms with Crippen LogP contribution >= 0.6 is 0 Å². The molecule has 0 atom stereocenters. The Morgan fingerprint density at radius 2 is 2.20 bits per heavy atom. The number of nitrogens with zero attached hydrogens (tertiary/aromatic N) is 1. The van der Waals surface area contributed by atoms with E-state index in [4.69, 9.17) is 0 Å². The summed E-state index contributed by atoms with van der Waals surface area (Å²) in [5, 5.41) is 6.31. The minimum atomic E-state index is 1.12. The standard InChI is InChI=1S/C12H17N3/c1-3-4-5-11-12(15-14-11)10-8-13-7-6-9(10)2/h6-8,14-15H,3-5H2,1-2H3. The van der Waals surface area contributed by atoms with Crippen LogP contribution in [0.25, 0.3) is 11.3 Å². The number of aromatic amines is 2. The third-order valence-electron chi connectivity index (χ3n) is 2.73. The molecule has 0 aliphatic carbocycles. The zero-order chi connectivity index (χ0) is 10.7. The third-order valence-corrected chi connectivity index (χ3v) is 2.73. The van der Waals surface area contributed by atoms with Gasteiger partial charge in [0.1, 0.15) is 0 Å². The summed E-state index contributed by atoms with van der Waals surface area (Å²) in [7, 11) is 0. The first-order chi connectivity index (χ1) is 7.33. The molecular formula is C12H17N3. The van der Waals surface area contributed by atoms with Crippen molar-refractivity contribution in [2.45, 2.75) is 33.1 Å². The fraction of sp³-hybridized carbons (Fsp3) is 0.417. The van der Waals surface area contributed by atoms with Crippen molar-refractivity contribution >= 4 is 0 Å². The summed E-state index contributed by atoms with van der Waals surface area (Å²) in [4.78, 5) is 4.16. The van der Waals surface area contributed by atoms with Crippen LogP contribution in [0, 0.1) is 6.92 Å². The second kappa shape index (κ2) is 4.34. The second-order valence-electron chi connectivity index (χ2n) is 3.90. The maximum absolute atomic E-state index is 4.16. The summed E-state index contributed by atoms with van der Waals surface area (Å²) < 4.78 is 0. The van der Waals surface area contributed by atoms with E-state index in [1.807, 2.05) is 18.5 Å². The maximum atomic E-state index is 4.16. The van der Waals surface area contributed by atoms with Gasteiger partial charge in [-0.1, -0.05) is 13.3 Å². The molecule has 2 aromatic heterocycles. The number of pyridine rings is 1. The molecule has 15 heavy (non-hydrogen) atoms. The molecule has 0 unspecified atom stereocenters. The first kappa shape index (κ1) is 10.0. The second-order valence-corrected chi connectivity index (χ2v) is 3.90. The molecule has 0 fully saturated rings. The van der Waals surface area contributed by atoms with Crippen molar-refractivity contribution in [2.75, 3.05) is 0 Å². The Balaban J connectivity index is 2.21. The van der Waals surface area contributed by atoms with Crippen molar-refractivity contribution < 1.29 is 0 Å². The van der Waals surface area contributed by atoms with Gasteiger partial charge in [-0.3, -0.25) is 10.1 Å². The van der Waals surface area contributed by atoms with Gasteiger partial charge in [0.2, 0.25) is 0 Å². The van der Waals surface area contributed by atoms with Crippen LogP contribution in [0.3, 0.4) is 0 Å². The fourth-order valence-corrected chi connectivity index (χ4v) is 1.71. The average Bonchev–Trinajstić information content (AvgIpc) is 2.20. The summed E-state index contributed by atoms with van der Waals surface area (Å²) in [6, 6.07) is 2.04. The van der Waals surface area contributed by atoms with E-state index in [1.165, 1.54) is 35.4 Å². The van der Waals surface area contributed by atoms with Crippen molar-refractivity contribution in [3.8, 4) is 11.3 Å². The van der Waals surface area contributed by atoms with Gasteiger partial charge < -0.3 is 5.10 Å². The van der Waals surface area contributed by atoms with Crippen LogP contribution in [-0.2, 0) is 6.42 Å². The topological polar surface area (TPSA) is 44.5 Å². The van der Waals surface area contributed by atoms with Crippen LogP contribution in [0.4, 0.5) is 0 Å². The van der Waals surface area contributed by atoms with E-state index in [0.29, 0.717) is 0 Å². The van der Waals surface area contributed by atoms with Gasteiger partial charge in [-0.05, 0) is 31.4 Å². The van der Waals surface area contributed by atoms with Crippen LogP contribution in [0.2, 0.25) is 0 Å². The highest BCUT2D eigenvalue weighted by Crippen LogP contribution is 2.24. The molecule has 0 amide bonds. The molecule has 2 rings (SSSR count). The summed E-state index contributed by atoms with van der Waals surface area (Å²) >= 11 is 0. The highest BCUT2D eigenvalue weighted by Gasteiger charge is 2.11. The first-order valence-electron chi connectivity index (χ1n) is 5.49. The zero-order valence-corrected chi connectivity index (χ0v) is 9.30. The predicted octanol–water partition coefficient (Wildman–Crippen LogP) is 3.06. The minimum absolute atomic E-state index is 1.12. The Morgan fingerprint density at radius 3 is 2.80 bits per heavy atom. The van der Waals surface area contributed by atoms with E-state index < -0.39 is 0 Å². The average molecular weight is 203 g/mol. The van der Waals surface area contributed by atoms with Gasteiger partial charge in [0, 0.05) is 18.0 Å². The Kier molecular flexibility index (Phi) is 2.90. The quantitative estimate of drug-likeness (QED) is 0.788. The van der Waals surface area contributed by atoms with Crippen LogP contribution in [-0.4, -0.2) is 15.2 Å². The maximum Gasteiger partial charge on any atom is 0.0837 e. The molecule has 0 saturated heterocycles. The number of unbranched alkanes of at least 4 members (excludes halogenated alkanes) is 1. The SMILES string of the molecule is CCCCc1[nH][nH]c1-c1cnccc1C. The predicted molar refractivity (Wildman–Crippen MR) is 61.7 cm³/mol. The normalized spacial score (nSPS) is 10.8. The summed E-state index contributed by atoms with van der Waals surface area (Å²) in [6.45, 7) is 4.32. The van der Waals surface area contributed by atoms with E-state index in [2.05, 4.69) is 29.0 Å². The Labute approximate surface area is 89.9 Å². The van der Waals surface area contributed by atoms with E-state index in [-0.39, 0.29) is 0 Å². The van der Waals surface area contributed by atoms with Crippen molar-refractivity contribution in [1.29, 1.82) is 0 Å². The number of H-pyrrole nitrogens is 2. The lowest BCUT2D eigenvalue weighted by molar-refractivity contribution is 0.735. The van der Waals surface area contributed by atoms with E-state index in [0.717, 1.165) is 6.42 Å². The molecule has 0 spiro atoms.